The topological polar surface area (TPSA) is 48.1 Å². The Morgan fingerprint density at radius 3 is 2.50 bits per heavy atom. The smallest absolute Gasteiger partial charge is 0.140 e. The van der Waals surface area contributed by atoms with Crippen molar-refractivity contribution >= 4 is 28.5 Å². The number of ether oxygens (including phenoxy) is 1. The van der Waals surface area contributed by atoms with Crippen LogP contribution in [0.15, 0.2) is 24.3 Å². The second-order valence-electron chi connectivity index (χ2n) is 4.90. The summed E-state index contributed by atoms with van der Waals surface area (Å²) in [6, 6.07) is 8.16. The molecule has 0 saturated heterocycles. The van der Waals surface area contributed by atoms with Gasteiger partial charge in [0.2, 0.25) is 0 Å². The van der Waals surface area contributed by atoms with Crippen molar-refractivity contribution in [3.63, 3.8) is 0 Å². The van der Waals surface area contributed by atoms with Crippen LogP contribution in [0.4, 0.5) is 0 Å². The molecular weight excluding hydrogens is 288 g/mol. The summed E-state index contributed by atoms with van der Waals surface area (Å²) < 4.78 is 5.74. The first-order chi connectivity index (χ1) is 9.47. The minimum absolute atomic E-state index is 0.396. The molecule has 0 aliphatic rings. The second-order valence-corrected chi connectivity index (χ2v) is 6.42. The molecule has 2 rings (SSSR count). The number of thiazole rings is 1. The maximum atomic E-state index is 5.74. The fourth-order valence-electron chi connectivity index (χ4n) is 1.84. The number of hydrogen-bond acceptors (Lipinski definition) is 4. The summed E-state index contributed by atoms with van der Waals surface area (Å²) in [5.74, 6) is 1.37. The van der Waals surface area contributed by atoms with Crippen LogP contribution in [0, 0.1) is 6.92 Å². The predicted octanol–water partition coefficient (Wildman–Crippen LogP) is 3.79. The predicted molar refractivity (Wildman–Crippen MR) is 87.6 cm³/mol. The second kappa shape index (κ2) is 6.33. The van der Waals surface area contributed by atoms with Crippen LogP contribution >= 0.6 is 23.6 Å². The van der Waals surface area contributed by atoms with Crippen LogP contribution in [0.5, 0.6) is 5.75 Å². The lowest BCUT2D eigenvalue weighted by Crippen LogP contribution is -2.08. The van der Waals surface area contributed by atoms with Crippen molar-refractivity contribution in [1.82, 2.24) is 4.98 Å². The van der Waals surface area contributed by atoms with Crippen LogP contribution in [0.3, 0.4) is 0 Å². The molecule has 1 heterocycles. The van der Waals surface area contributed by atoms with Gasteiger partial charge >= 0.3 is 0 Å². The number of hydrogen-bond donors (Lipinski definition) is 1. The molecule has 2 N–H and O–H groups in total. The zero-order valence-corrected chi connectivity index (χ0v) is 13.5. The standard InChI is InChI=1S/C15H18N2OS2/c1-9(2)11-4-6-12(7-5-11)18-8-13-17-10(3)14(20-13)15(16)19/h4-7,9H,8H2,1-3H3,(H2,16,19). The quantitative estimate of drug-likeness (QED) is 0.854. The number of rotatable bonds is 5. The molecule has 0 fully saturated rings. The molecule has 0 radical (unpaired) electrons. The Kier molecular flexibility index (Phi) is 4.73. The van der Waals surface area contributed by atoms with Crippen molar-refractivity contribution in [3.05, 3.63) is 45.4 Å². The zero-order chi connectivity index (χ0) is 14.7. The minimum Gasteiger partial charge on any atom is -0.486 e. The van der Waals surface area contributed by atoms with Crippen LogP contribution in [0.2, 0.25) is 0 Å². The molecule has 106 valence electrons. The van der Waals surface area contributed by atoms with Gasteiger partial charge in [-0.15, -0.1) is 11.3 Å². The highest BCUT2D eigenvalue weighted by atomic mass is 32.1. The van der Waals surface area contributed by atoms with Gasteiger partial charge in [-0.1, -0.05) is 38.2 Å². The molecule has 0 aliphatic heterocycles. The summed E-state index contributed by atoms with van der Waals surface area (Å²) in [5, 5.41) is 0.887. The van der Waals surface area contributed by atoms with Gasteiger partial charge < -0.3 is 10.5 Å². The Labute approximate surface area is 128 Å². The molecule has 0 bridgehead atoms. The molecular formula is C15H18N2OS2. The molecule has 0 aliphatic carbocycles. The molecule has 5 heteroatoms. The molecule has 0 unspecified atom stereocenters. The van der Waals surface area contributed by atoms with Gasteiger partial charge in [-0.2, -0.15) is 0 Å². The number of nitrogens with zero attached hydrogens (tertiary/aromatic N) is 1. The monoisotopic (exact) mass is 306 g/mol. The molecule has 1 aromatic heterocycles. The van der Waals surface area contributed by atoms with Crippen molar-refractivity contribution in [3.8, 4) is 5.75 Å². The van der Waals surface area contributed by atoms with Crippen LogP contribution in [-0.2, 0) is 6.61 Å². The molecule has 0 amide bonds. The number of benzene rings is 1. The molecule has 0 saturated carbocycles. The van der Waals surface area contributed by atoms with Crippen LogP contribution in [-0.4, -0.2) is 9.97 Å². The van der Waals surface area contributed by atoms with Gasteiger partial charge in [-0.3, -0.25) is 0 Å². The summed E-state index contributed by atoms with van der Waals surface area (Å²) in [6.07, 6.45) is 0. The highest BCUT2D eigenvalue weighted by molar-refractivity contribution is 7.81. The Morgan fingerprint density at radius 2 is 2.00 bits per heavy atom. The summed E-state index contributed by atoms with van der Waals surface area (Å²) in [4.78, 5) is 5.68. The van der Waals surface area contributed by atoms with Crippen molar-refractivity contribution < 1.29 is 4.74 Å². The average Bonchev–Trinajstić information content (AvgIpc) is 2.78. The molecule has 0 spiro atoms. The van der Waals surface area contributed by atoms with Crippen LogP contribution in [0.25, 0.3) is 0 Å². The van der Waals surface area contributed by atoms with E-state index in [-0.39, 0.29) is 0 Å². The maximum Gasteiger partial charge on any atom is 0.140 e. The molecule has 2 aromatic rings. The molecule has 1 aromatic carbocycles. The fraction of sp³-hybridized carbons (Fsp3) is 0.333. The first-order valence-electron chi connectivity index (χ1n) is 6.46. The average molecular weight is 306 g/mol. The highest BCUT2D eigenvalue weighted by Crippen LogP contribution is 2.22. The third-order valence-corrected chi connectivity index (χ3v) is 4.47. The van der Waals surface area contributed by atoms with E-state index in [0.29, 0.717) is 17.5 Å². The van der Waals surface area contributed by atoms with Gasteiger partial charge in [0.15, 0.2) is 0 Å². The maximum absolute atomic E-state index is 5.74. The van der Waals surface area contributed by atoms with Crippen LogP contribution in [0.1, 0.15) is 40.9 Å². The van der Waals surface area contributed by atoms with E-state index in [1.54, 1.807) is 0 Å². The highest BCUT2D eigenvalue weighted by Gasteiger charge is 2.10. The first kappa shape index (κ1) is 14.9. The van der Waals surface area contributed by atoms with Crippen molar-refractivity contribution in [2.24, 2.45) is 5.73 Å². The van der Waals surface area contributed by atoms with Crippen molar-refractivity contribution in [2.75, 3.05) is 0 Å². The van der Waals surface area contributed by atoms with Crippen molar-refractivity contribution in [2.45, 2.75) is 33.3 Å². The van der Waals surface area contributed by atoms with E-state index in [4.69, 9.17) is 22.7 Å². The van der Waals surface area contributed by atoms with Crippen LogP contribution < -0.4 is 10.5 Å². The lowest BCUT2D eigenvalue weighted by atomic mass is 10.0. The van der Waals surface area contributed by atoms with E-state index in [1.165, 1.54) is 16.9 Å². The van der Waals surface area contributed by atoms with Gasteiger partial charge in [-0.25, -0.2) is 4.98 Å². The zero-order valence-electron chi connectivity index (χ0n) is 11.8. The number of thiocarbonyl (C=S) groups is 1. The SMILES string of the molecule is Cc1nc(COc2ccc(C(C)C)cc2)sc1C(N)=S. The largest absolute Gasteiger partial charge is 0.486 e. The summed E-state index contributed by atoms with van der Waals surface area (Å²) in [7, 11) is 0. The fourth-order valence-corrected chi connectivity index (χ4v) is 2.94. The Hall–Kier alpha value is -1.46. The van der Waals surface area contributed by atoms with E-state index >= 15 is 0 Å². The Bertz CT molecular complexity index is 603. The van der Waals surface area contributed by atoms with Gasteiger partial charge in [-0.05, 0) is 30.5 Å². The summed E-state index contributed by atoms with van der Waals surface area (Å²) >= 11 is 6.48. The molecule has 3 nitrogen and oxygen atoms in total. The van der Waals surface area contributed by atoms with E-state index < -0.39 is 0 Å². The normalized spacial score (nSPS) is 10.8. The van der Waals surface area contributed by atoms with Gasteiger partial charge in [0.1, 0.15) is 22.4 Å². The van der Waals surface area contributed by atoms with E-state index in [2.05, 4.69) is 31.0 Å². The van der Waals surface area contributed by atoms with E-state index in [9.17, 15) is 0 Å². The summed E-state index contributed by atoms with van der Waals surface area (Å²) in [6.45, 7) is 6.69. The molecule has 0 atom stereocenters. The van der Waals surface area contributed by atoms with E-state index in [1.807, 2.05) is 19.1 Å². The third kappa shape index (κ3) is 3.55. The summed E-state index contributed by atoms with van der Waals surface area (Å²) in [5.41, 5.74) is 7.82. The van der Waals surface area contributed by atoms with Gasteiger partial charge in [0.25, 0.3) is 0 Å². The number of nitrogens with two attached hydrogens (primary N) is 1. The Balaban J connectivity index is 2.01. The van der Waals surface area contributed by atoms with Gasteiger partial charge in [0, 0.05) is 0 Å². The lowest BCUT2D eigenvalue weighted by molar-refractivity contribution is 0.305. The van der Waals surface area contributed by atoms with E-state index in [0.717, 1.165) is 21.3 Å². The Morgan fingerprint density at radius 1 is 1.35 bits per heavy atom. The molecule has 20 heavy (non-hydrogen) atoms. The minimum atomic E-state index is 0.396. The first-order valence-corrected chi connectivity index (χ1v) is 7.68. The number of aryl methyl sites for hydroxylation is 1. The van der Waals surface area contributed by atoms with Crippen molar-refractivity contribution in [1.29, 1.82) is 0 Å². The third-order valence-electron chi connectivity index (χ3n) is 2.97. The van der Waals surface area contributed by atoms with Gasteiger partial charge in [0.05, 0.1) is 10.6 Å². The lowest BCUT2D eigenvalue weighted by Gasteiger charge is -2.07. The number of aromatic nitrogens is 1.